The lowest BCUT2D eigenvalue weighted by atomic mass is 10.1. The van der Waals surface area contributed by atoms with Crippen molar-refractivity contribution >= 4 is 5.65 Å². The van der Waals surface area contributed by atoms with Crippen molar-refractivity contribution in [1.82, 2.24) is 9.38 Å². The van der Waals surface area contributed by atoms with Crippen molar-refractivity contribution in [1.29, 1.82) is 0 Å². The minimum absolute atomic E-state index is 0.839. The molecule has 0 bridgehead atoms. The summed E-state index contributed by atoms with van der Waals surface area (Å²) in [6, 6.07) is 14.2. The Morgan fingerprint density at radius 2 is 1.89 bits per heavy atom. The number of nitrogens with zero attached hydrogens (tertiary/aromatic N) is 2. The Hall–Kier alpha value is -2.29. The van der Waals surface area contributed by atoms with Crippen molar-refractivity contribution in [2.24, 2.45) is 0 Å². The molecule has 0 unspecified atom stereocenters. The quantitative estimate of drug-likeness (QED) is 0.701. The van der Waals surface area contributed by atoms with E-state index in [1.165, 1.54) is 5.56 Å². The van der Waals surface area contributed by atoms with E-state index in [9.17, 15) is 0 Å². The van der Waals surface area contributed by atoms with Gasteiger partial charge in [-0.2, -0.15) is 0 Å². The van der Waals surface area contributed by atoms with E-state index in [-0.39, 0.29) is 0 Å². The molecule has 3 nitrogen and oxygen atoms in total. The number of hydrogen-bond donors (Lipinski definition) is 0. The van der Waals surface area contributed by atoms with Gasteiger partial charge in [0.2, 0.25) is 0 Å². The topological polar surface area (TPSA) is 26.5 Å². The van der Waals surface area contributed by atoms with Crippen LogP contribution in [-0.4, -0.2) is 16.5 Å². The average Bonchev–Trinajstić information content (AvgIpc) is 2.80. The second kappa shape index (κ2) is 4.53. The summed E-state index contributed by atoms with van der Waals surface area (Å²) < 4.78 is 7.20. The summed E-state index contributed by atoms with van der Waals surface area (Å²) in [4.78, 5) is 4.59. The van der Waals surface area contributed by atoms with Gasteiger partial charge < -0.3 is 9.14 Å². The standard InChI is InChI=1S/C15H14N2O/c1-18-14-7-8-15-16-13(10-17(15)11-14)9-12-5-3-2-4-6-12/h2-8,10-11H,9H2,1H3. The predicted molar refractivity (Wildman–Crippen MR) is 71.0 cm³/mol. The van der Waals surface area contributed by atoms with Crippen molar-refractivity contribution in [3.63, 3.8) is 0 Å². The molecule has 90 valence electrons. The van der Waals surface area contributed by atoms with Gasteiger partial charge in [0, 0.05) is 12.6 Å². The first-order valence-corrected chi connectivity index (χ1v) is 5.91. The lowest BCUT2D eigenvalue weighted by Crippen LogP contribution is -1.87. The molecule has 0 aliphatic rings. The van der Waals surface area contributed by atoms with Crippen molar-refractivity contribution in [3.05, 3.63) is 66.1 Å². The van der Waals surface area contributed by atoms with Crippen LogP contribution < -0.4 is 4.74 Å². The van der Waals surface area contributed by atoms with Gasteiger partial charge in [0.05, 0.1) is 19.0 Å². The van der Waals surface area contributed by atoms with Gasteiger partial charge in [-0.1, -0.05) is 30.3 Å². The van der Waals surface area contributed by atoms with Gasteiger partial charge in [-0.05, 0) is 17.7 Å². The summed E-state index contributed by atoms with van der Waals surface area (Å²) in [6.45, 7) is 0. The highest BCUT2D eigenvalue weighted by Gasteiger charge is 2.03. The normalized spacial score (nSPS) is 10.7. The molecule has 0 saturated carbocycles. The first-order chi connectivity index (χ1) is 8.85. The average molecular weight is 238 g/mol. The van der Waals surface area contributed by atoms with Crippen LogP contribution in [0.25, 0.3) is 5.65 Å². The van der Waals surface area contributed by atoms with Gasteiger partial charge in [0.1, 0.15) is 11.4 Å². The third-order valence-corrected chi connectivity index (χ3v) is 2.94. The number of fused-ring (bicyclic) bond motifs is 1. The molecule has 0 aliphatic heterocycles. The number of hydrogen-bond acceptors (Lipinski definition) is 2. The van der Waals surface area contributed by atoms with Gasteiger partial charge in [-0.3, -0.25) is 0 Å². The molecule has 0 N–H and O–H groups in total. The number of pyridine rings is 1. The van der Waals surface area contributed by atoms with Crippen LogP contribution in [0.2, 0.25) is 0 Å². The van der Waals surface area contributed by atoms with Crippen molar-refractivity contribution in [2.75, 3.05) is 7.11 Å². The van der Waals surface area contributed by atoms with Gasteiger partial charge >= 0.3 is 0 Å². The largest absolute Gasteiger partial charge is 0.495 e. The van der Waals surface area contributed by atoms with Crippen LogP contribution in [0, 0.1) is 0 Å². The van der Waals surface area contributed by atoms with E-state index in [1.54, 1.807) is 7.11 Å². The Labute approximate surface area is 106 Å². The Kier molecular flexibility index (Phi) is 2.73. The van der Waals surface area contributed by atoms with Crippen LogP contribution in [-0.2, 0) is 6.42 Å². The maximum atomic E-state index is 5.20. The maximum absolute atomic E-state index is 5.20. The fourth-order valence-corrected chi connectivity index (χ4v) is 2.03. The molecule has 3 rings (SSSR count). The Morgan fingerprint density at radius 3 is 2.67 bits per heavy atom. The molecule has 0 fully saturated rings. The van der Waals surface area contributed by atoms with E-state index in [0.29, 0.717) is 0 Å². The molecule has 1 aromatic carbocycles. The number of benzene rings is 1. The molecule has 3 aromatic rings. The monoisotopic (exact) mass is 238 g/mol. The van der Waals surface area contributed by atoms with E-state index in [0.717, 1.165) is 23.5 Å². The van der Waals surface area contributed by atoms with E-state index in [4.69, 9.17) is 4.74 Å². The van der Waals surface area contributed by atoms with Crippen LogP contribution in [0.1, 0.15) is 11.3 Å². The first kappa shape index (κ1) is 10.8. The van der Waals surface area contributed by atoms with Crippen molar-refractivity contribution in [2.45, 2.75) is 6.42 Å². The summed E-state index contributed by atoms with van der Waals surface area (Å²) in [6.07, 6.45) is 4.84. The summed E-state index contributed by atoms with van der Waals surface area (Å²) in [5, 5.41) is 0. The van der Waals surface area contributed by atoms with Crippen LogP contribution in [0.15, 0.2) is 54.9 Å². The molecule has 0 atom stereocenters. The van der Waals surface area contributed by atoms with Crippen LogP contribution in [0.3, 0.4) is 0 Å². The molecular formula is C15H14N2O. The third kappa shape index (κ3) is 2.07. The van der Waals surface area contributed by atoms with Gasteiger partial charge in [-0.25, -0.2) is 4.98 Å². The highest BCUT2D eigenvalue weighted by atomic mass is 16.5. The number of aromatic nitrogens is 2. The SMILES string of the molecule is COc1ccc2nc(Cc3ccccc3)cn2c1. The molecule has 18 heavy (non-hydrogen) atoms. The van der Waals surface area contributed by atoms with Crippen LogP contribution >= 0.6 is 0 Å². The first-order valence-electron chi connectivity index (χ1n) is 5.91. The molecular weight excluding hydrogens is 224 g/mol. The lowest BCUT2D eigenvalue weighted by Gasteiger charge is -1.98. The van der Waals surface area contributed by atoms with E-state index in [2.05, 4.69) is 17.1 Å². The summed E-state index contributed by atoms with van der Waals surface area (Å²) in [7, 11) is 1.67. The zero-order valence-electron chi connectivity index (χ0n) is 10.2. The van der Waals surface area contributed by atoms with E-state index >= 15 is 0 Å². The second-order valence-corrected chi connectivity index (χ2v) is 4.23. The molecule has 3 heteroatoms. The minimum Gasteiger partial charge on any atom is -0.495 e. The lowest BCUT2D eigenvalue weighted by molar-refractivity contribution is 0.412. The fraction of sp³-hybridized carbons (Fsp3) is 0.133. The van der Waals surface area contributed by atoms with E-state index < -0.39 is 0 Å². The van der Waals surface area contributed by atoms with Crippen LogP contribution in [0.4, 0.5) is 0 Å². The van der Waals surface area contributed by atoms with Gasteiger partial charge in [-0.15, -0.1) is 0 Å². The fourth-order valence-electron chi connectivity index (χ4n) is 2.03. The summed E-state index contributed by atoms with van der Waals surface area (Å²) >= 11 is 0. The van der Waals surface area contributed by atoms with E-state index in [1.807, 2.05) is 47.1 Å². The molecule has 0 radical (unpaired) electrons. The molecule has 0 amide bonds. The minimum atomic E-state index is 0.839. The zero-order valence-corrected chi connectivity index (χ0v) is 10.2. The number of rotatable bonds is 3. The smallest absolute Gasteiger partial charge is 0.137 e. The third-order valence-electron chi connectivity index (χ3n) is 2.94. The Bertz CT molecular complexity index is 659. The second-order valence-electron chi connectivity index (χ2n) is 4.23. The molecule has 0 aliphatic carbocycles. The Balaban J connectivity index is 1.94. The number of methoxy groups -OCH3 is 1. The Morgan fingerprint density at radius 1 is 1.06 bits per heavy atom. The molecule has 2 aromatic heterocycles. The number of ether oxygens (including phenoxy) is 1. The summed E-state index contributed by atoms with van der Waals surface area (Å²) in [5.41, 5.74) is 3.28. The molecule has 0 spiro atoms. The maximum Gasteiger partial charge on any atom is 0.137 e. The van der Waals surface area contributed by atoms with Gasteiger partial charge in [0.15, 0.2) is 0 Å². The predicted octanol–water partition coefficient (Wildman–Crippen LogP) is 2.93. The zero-order chi connectivity index (χ0) is 12.4. The highest BCUT2D eigenvalue weighted by molar-refractivity contribution is 5.43. The number of imidazole rings is 1. The van der Waals surface area contributed by atoms with Crippen molar-refractivity contribution < 1.29 is 4.74 Å². The van der Waals surface area contributed by atoms with Gasteiger partial charge in [0.25, 0.3) is 0 Å². The summed E-state index contributed by atoms with van der Waals surface area (Å²) in [5.74, 6) is 0.839. The van der Waals surface area contributed by atoms with Crippen LogP contribution in [0.5, 0.6) is 5.75 Å². The molecule has 0 saturated heterocycles. The van der Waals surface area contributed by atoms with Crippen molar-refractivity contribution in [3.8, 4) is 5.75 Å². The molecule has 2 heterocycles. The highest BCUT2D eigenvalue weighted by Crippen LogP contribution is 2.15.